The molecule has 15 heavy (non-hydrogen) atoms. The van der Waals surface area contributed by atoms with Crippen molar-refractivity contribution in [2.75, 3.05) is 27.2 Å². The highest BCUT2D eigenvalue weighted by atomic mass is 15.3. The smallest absolute Gasteiger partial charge is 0.0782 e. The highest BCUT2D eigenvalue weighted by molar-refractivity contribution is 4.43. The first-order chi connectivity index (χ1) is 7.12. The van der Waals surface area contributed by atoms with Crippen LogP contribution in [0.25, 0.3) is 0 Å². The van der Waals surface area contributed by atoms with Gasteiger partial charge in [-0.1, -0.05) is 39.5 Å². The largest absolute Gasteiger partial charge is 0.328 e. The summed E-state index contributed by atoms with van der Waals surface area (Å²) in [5, 5.41) is 0. The van der Waals surface area contributed by atoms with Crippen LogP contribution in [0.3, 0.4) is 0 Å². The lowest BCUT2D eigenvalue weighted by atomic mass is 10.1. The van der Waals surface area contributed by atoms with Crippen molar-refractivity contribution in [3.05, 3.63) is 0 Å². The first kappa shape index (κ1) is 15.0. The lowest BCUT2D eigenvalue weighted by molar-refractivity contribution is -0.890. The molecule has 0 saturated heterocycles. The van der Waals surface area contributed by atoms with E-state index in [2.05, 4.69) is 27.9 Å². The van der Waals surface area contributed by atoms with E-state index in [0.717, 1.165) is 0 Å². The number of quaternary nitrogens is 1. The van der Waals surface area contributed by atoms with Crippen LogP contribution in [0.2, 0.25) is 0 Å². The molecule has 0 heterocycles. The Hall–Kier alpha value is -0.0400. The number of nitrogens with zero attached hydrogens (tertiary/aromatic N) is 1. The van der Waals surface area contributed by atoms with E-state index in [1.165, 1.54) is 68.9 Å². The van der Waals surface area contributed by atoms with E-state index in [1.807, 2.05) is 0 Å². The molecular formula is C14H32N+. The summed E-state index contributed by atoms with van der Waals surface area (Å²) < 4.78 is 1.23. The van der Waals surface area contributed by atoms with Crippen LogP contribution < -0.4 is 0 Å². The van der Waals surface area contributed by atoms with Gasteiger partial charge in [0.15, 0.2) is 0 Å². The zero-order valence-corrected chi connectivity index (χ0v) is 11.5. The van der Waals surface area contributed by atoms with Gasteiger partial charge in [-0.15, -0.1) is 0 Å². The lowest BCUT2D eigenvalue weighted by Crippen LogP contribution is -2.41. The fourth-order valence-corrected chi connectivity index (χ4v) is 2.05. The number of unbranched alkanes of at least 4 members (excludes halogenated alkanes) is 6. The van der Waals surface area contributed by atoms with Crippen LogP contribution in [0.15, 0.2) is 0 Å². The van der Waals surface area contributed by atoms with Crippen LogP contribution in [0, 0.1) is 0 Å². The van der Waals surface area contributed by atoms with Gasteiger partial charge in [0.2, 0.25) is 0 Å². The molecule has 0 aromatic rings. The Morgan fingerprint density at radius 2 is 1.00 bits per heavy atom. The summed E-state index contributed by atoms with van der Waals surface area (Å²) in [6.07, 6.45) is 11.2. The number of hydrogen-bond acceptors (Lipinski definition) is 0. The first-order valence-electron chi connectivity index (χ1n) is 6.94. The van der Waals surface area contributed by atoms with Gasteiger partial charge < -0.3 is 4.48 Å². The van der Waals surface area contributed by atoms with Crippen molar-refractivity contribution in [1.82, 2.24) is 0 Å². The fourth-order valence-electron chi connectivity index (χ4n) is 2.05. The Balaban J connectivity index is 3.40. The van der Waals surface area contributed by atoms with Crippen molar-refractivity contribution in [2.24, 2.45) is 0 Å². The van der Waals surface area contributed by atoms with E-state index in [4.69, 9.17) is 0 Å². The third kappa shape index (κ3) is 10.2. The molecule has 1 heteroatoms. The van der Waals surface area contributed by atoms with Crippen LogP contribution >= 0.6 is 0 Å². The van der Waals surface area contributed by atoms with E-state index in [1.54, 1.807) is 0 Å². The van der Waals surface area contributed by atoms with Gasteiger partial charge >= 0.3 is 0 Å². The molecule has 0 aliphatic heterocycles. The average Bonchev–Trinajstić information content (AvgIpc) is 2.20. The molecule has 0 aromatic carbocycles. The van der Waals surface area contributed by atoms with Gasteiger partial charge in [-0.2, -0.15) is 0 Å². The Morgan fingerprint density at radius 1 is 0.600 bits per heavy atom. The summed E-state index contributed by atoms with van der Waals surface area (Å²) in [6, 6.07) is 0. The van der Waals surface area contributed by atoms with Crippen molar-refractivity contribution >= 4 is 0 Å². The Morgan fingerprint density at radius 3 is 1.33 bits per heavy atom. The Kier molecular flexibility index (Phi) is 9.18. The van der Waals surface area contributed by atoms with E-state index < -0.39 is 0 Å². The molecule has 0 aliphatic rings. The second-order valence-corrected chi connectivity index (χ2v) is 5.50. The fraction of sp³-hybridized carbons (Fsp3) is 1.00. The lowest BCUT2D eigenvalue weighted by Gasteiger charge is -2.30. The predicted molar refractivity (Wildman–Crippen MR) is 70.1 cm³/mol. The number of rotatable bonds is 10. The zero-order valence-electron chi connectivity index (χ0n) is 11.5. The van der Waals surface area contributed by atoms with Crippen LogP contribution in [0.1, 0.15) is 65.2 Å². The van der Waals surface area contributed by atoms with Crippen LogP contribution in [0.5, 0.6) is 0 Å². The maximum Gasteiger partial charge on any atom is 0.0782 e. The molecular weight excluding hydrogens is 182 g/mol. The molecule has 0 aliphatic carbocycles. The molecule has 0 atom stereocenters. The molecule has 0 spiro atoms. The predicted octanol–water partition coefficient (Wildman–Crippen LogP) is 4.22. The van der Waals surface area contributed by atoms with E-state index in [-0.39, 0.29) is 0 Å². The van der Waals surface area contributed by atoms with Crippen LogP contribution in [-0.4, -0.2) is 31.7 Å². The molecule has 0 fully saturated rings. The molecule has 0 bridgehead atoms. The summed E-state index contributed by atoms with van der Waals surface area (Å²) in [5.41, 5.74) is 0. The van der Waals surface area contributed by atoms with Gasteiger partial charge in [0, 0.05) is 0 Å². The molecule has 0 N–H and O–H groups in total. The average molecular weight is 214 g/mol. The zero-order chi connectivity index (χ0) is 11.6. The van der Waals surface area contributed by atoms with Gasteiger partial charge in [-0.3, -0.25) is 0 Å². The van der Waals surface area contributed by atoms with E-state index in [9.17, 15) is 0 Å². The van der Waals surface area contributed by atoms with Gasteiger partial charge in [0.25, 0.3) is 0 Å². The second-order valence-electron chi connectivity index (χ2n) is 5.50. The Labute approximate surface area is 97.5 Å². The molecule has 0 radical (unpaired) electrons. The minimum absolute atomic E-state index is 1.23. The van der Waals surface area contributed by atoms with Crippen molar-refractivity contribution in [1.29, 1.82) is 0 Å². The molecule has 0 unspecified atom stereocenters. The standard InChI is InChI=1S/C14H32N/c1-5-7-9-11-13-15(3,4)14-12-10-8-6-2/h5-14H2,1-4H3/q+1. The summed E-state index contributed by atoms with van der Waals surface area (Å²) in [5.74, 6) is 0. The van der Waals surface area contributed by atoms with Crippen LogP contribution in [-0.2, 0) is 0 Å². The maximum atomic E-state index is 2.39. The van der Waals surface area contributed by atoms with Crippen molar-refractivity contribution in [2.45, 2.75) is 65.2 Å². The molecule has 0 amide bonds. The van der Waals surface area contributed by atoms with E-state index in [0.29, 0.717) is 0 Å². The molecule has 0 saturated carbocycles. The first-order valence-corrected chi connectivity index (χ1v) is 6.94. The minimum Gasteiger partial charge on any atom is -0.328 e. The minimum atomic E-state index is 1.23. The van der Waals surface area contributed by atoms with Gasteiger partial charge in [-0.05, 0) is 25.7 Å². The maximum absolute atomic E-state index is 2.39. The van der Waals surface area contributed by atoms with E-state index >= 15 is 0 Å². The van der Waals surface area contributed by atoms with Crippen LogP contribution in [0.4, 0.5) is 0 Å². The SMILES string of the molecule is CCCCCC[N+](C)(C)CCCCCC. The highest BCUT2D eigenvalue weighted by Gasteiger charge is 2.12. The van der Waals surface area contributed by atoms with Gasteiger partial charge in [0.1, 0.15) is 0 Å². The summed E-state index contributed by atoms with van der Waals surface area (Å²) in [6.45, 7) is 7.30. The topological polar surface area (TPSA) is 0 Å². The summed E-state index contributed by atoms with van der Waals surface area (Å²) >= 11 is 0. The highest BCUT2D eigenvalue weighted by Crippen LogP contribution is 2.08. The molecule has 92 valence electrons. The normalized spacial score (nSPS) is 12.0. The third-order valence-electron chi connectivity index (χ3n) is 3.23. The summed E-state index contributed by atoms with van der Waals surface area (Å²) in [4.78, 5) is 0. The van der Waals surface area contributed by atoms with Gasteiger partial charge in [0.05, 0.1) is 27.2 Å². The molecule has 0 aromatic heterocycles. The molecule has 1 nitrogen and oxygen atoms in total. The van der Waals surface area contributed by atoms with Crippen molar-refractivity contribution in [3.63, 3.8) is 0 Å². The third-order valence-corrected chi connectivity index (χ3v) is 3.23. The summed E-state index contributed by atoms with van der Waals surface area (Å²) in [7, 11) is 4.77. The van der Waals surface area contributed by atoms with Gasteiger partial charge in [-0.25, -0.2) is 0 Å². The second kappa shape index (κ2) is 9.21. The molecule has 0 rings (SSSR count). The Bertz CT molecular complexity index is 115. The monoisotopic (exact) mass is 214 g/mol. The van der Waals surface area contributed by atoms with Crippen molar-refractivity contribution < 1.29 is 4.48 Å². The number of hydrogen-bond donors (Lipinski definition) is 0. The quantitative estimate of drug-likeness (QED) is 0.377. The van der Waals surface area contributed by atoms with Crippen molar-refractivity contribution in [3.8, 4) is 0 Å².